The molecule has 6 heteroatoms. The van der Waals surface area contributed by atoms with Gasteiger partial charge < -0.3 is 15.0 Å². The lowest BCUT2D eigenvalue weighted by atomic mass is 10.1. The van der Waals surface area contributed by atoms with Crippen molar-refractivity contribution in [3.8, 4) is 5.75 Å². The number of benzene rings is 2. The molecule has 136 valence electrons. The smallest absolute Gasteiger partial charge is 0.227 e. The van der Waals surface area contributed by atoms with Crippen molar-refractivity contribution in [2.45, 2.75) is 26.2 Å². The molecule has 0 radical (unpaired) electrons. The van der Waals surface area contributed by atoms with E-state index in [9.17, 15) is 9.59 Å². The maximum atomic E-state index is 12.8. The van der Waals surface area contributed by atoms with Crippen molar-refractivity contribution in [3.63, 3.8) is 0 Å². The SMILES string of the molecule is COc1ccc(CCC(=O)N2CCc3cc(Br)cc(NC(C)=O)c32)cc1. The van der Waals surface area contributed by atoms with Crippen LogP contribution in [0.4, 0.5) is 11.4 Å². The number of amides is 2. The monoisotopic (exact) mass is 416 g/mol. The van der Waals surface area contributed by atoms with Crippen molar-refractivity contribution in [2.24, 2.45) is 0 Å². The fraction of sp³-hybridized carbons (Fsp3) is 0.300. The van der Waals surface area contributed by atoms with Gasteiger partial charge in [0, 0.05) is 24.4 Å². The van der Waals surface area contributed by atoms with Gasteiger partial charge in [-0.25, -0.2) is 0 Å². The molecule has 2 aromatic rings. The standard InChI is InChI=1S/C20H21BrN2O3/c1-13(24)22-18-12-16(21)11-15-9-10-23(20(15)18)19(25)8-5-14-3-6-17(26-2)7-4-14/h3-4,6-7,11-12H,5,8-10H2,1-2H3,(H,22,24). The number of halogens is 1. The summed E-state index contributed by atoms with van der Waals surface area (Å²) >= 11 is 3.47. The van der Waals surface area contributed by atoms with E-state index in [1.54, 1.807) is 12.0 Å². The Labute approximate surface area is 161 Å². The average Bonchev–Trinajstić information content (AvgIpc) is 3.03. The summed E-state index contributed by atoms with van der Waals surface area (Å²) in [5, 5.41) is 2.84. The van der Waals surface area contributed by atoms with Crippen LogP contribution in [0.15, 0.2) is 40.9 Å². The van der Waals surface area contributed by atoms with E-state index >= 15 is 0 Å². The third-order valence-electron chi connectivity index (χ3n) is 4.43. The Hall–Kier alpha value is -2.34. The quantitative estimate of drug-likeness (QED) is 0.802. The van der Waals surface area contributed by atoms with Crippen LogP contribution < -0.4 is 15.0 Å². The molecule has 26 heavy (non-hydrogen) atoms. The Kier molecular flexibility index (Phi) is 5.61. The summed E-state index contributed by atoms with van der Waals surface area (Å²) in [5.74, 6) is 0.718. The highest BCUT2D eigenvalue weighted by Crippen LogP contribution is 2.38. The molecule has 0 fully saturated rings. The van der Waals surface area contributed by atoms with Crippen LogP contribution in [-0.2, 0) is 22.4 Å². The molecule has 1 N–H and O–H groups in total. The molecule has 2 aromatic carbocycles. The molecule has 2 amide bonds. The fourth-order valence-corrected chi connectivity index (χ4v) is 3.73. The van der Waals surface area contributed by atoms with Gasteiger partial charge in [0.05, 0.1) is 18.5 Å². The zero-order valence-corrected chi connectivity index (χ0v) is 16.4. The van der Waals surface area contributed by atoms with Gasteiger partial charge in [-0.2, -0.15) is 0 Å². The van der Waals surface area contributed by atoms with Gasteiger partial charge in [-0.05, 0) is 48.2 Å². The number of nitrogens with one attached hydrogen (secondary N) is 1. The topological polar surface area (TPSA) is 58.6 Å². The number of fused-ring (bicyclic) bond motifs is 1. The van der Waals surface area contributed by atoms with Crippen LogP contribution in [0.3, 0.4) is 0 Å². The van der Waals surface area contributed by atoms with E-state index in [4.69, 9.17) is 4.74 Å². The summed E-state index contributed by atoms with van der Waals surface area (Å²) in [6.45, 7) is 2.11. The van der Waals surface area contributed by atoms with Crippen LogP contribution in [0.2, 0.25) is 0 Å². The highest BCUT2D eigenvalue weighted by Gasteiger charge is 2.28. The molecule has 0 saturated heterocycles. The Morgan fingerprint density at radius 2 is 1.96 bits per heavy atom. The molecule has 0 aliphatic carbocycles. The van der Waals surface area contributed by atoms with Gasteiger partial charge in [-0.3, -0.25) is 9.59 Å². The van der Waals surface area contributed by atoms with Crippen molar-refractivity contribution in [2.75, 3.05) is 23.9 Å². The predicted molar refractivity (Wildman–Crippen MR) is 106 cm³/mol. The second-order valence-electron chi connectivity index (χ2n) is 6.29. The zero-order chi connectivity index (χ0) is 18.7. The average molecular weight is 417 g/mol. The summed E-state index contributed by atoms with van der Waals surface area (Å²) < 4.78 is 6.05. The molecule has 0 aromatic heterocycles. The van der Waals surface area contributed by atoms with Gasteiger partial charge in [-0.1, -0.05) is 28.1 Å². The van der Waals surface area contributed by atoms with Crippen LogP contribution in [0.25, 0.3) is 0 Å². The minimum Gasteiger partial charge on any atom is -0.497 e. The van der Waals surface area contributed by atoms with Gasteiger partial charge in [0.15, 0.2) is 0 Å². The molecular formula is C20H21BrN2O3. The Balaban J connectivity index is 1.75. The number of methoxy groups -OCH3 is 1. The predicted octanol–water partition coefficient (Wildman–Crippen LogP) is 3.94. The number of carbonyl (C=O) groups is 2. The first kappa shape index (κ1) is 18.5. The molecule has 3 rings (SSSR count). The van der Waals surface area contributed by atoms with Crippen molar-refractivity contribution >= 4 is 39.1 Å². The van der Waals surface area contributed by atoms with E-state index < -0.39 is 0 Å². The molecule has 0 unspecified atom stereocenters. The first-order valence-electron chi connectivity index (χ1n) is 8.51. The first-order valence-corrected chi connectivity index (χ1v) is 9.30. The number of ether oxygens (including phenoxy) is 1. The lowest BCUT2D eigenvalue weighted by Gasteiger charge is -2.21. The van der Waals surface area contributed by atoms with Crippen LogP contribution >= 0.6 is 15.9 Å². The Morgan fingerprint density at radius 3 is 2.62 bits per heavy atom. The summed E-state index contributed by atoms with van der Waals surface area (Å²) in [5.41, 5.74) is 3.66. The highest BCUT2D eigenvalue weighted by molar-refractivity contribution is 9.10. The van der Waals surface area contributed by atoms with E-state index in [-0.39, 0.29) is 11.8 Å². The minimum atomic E-state index is -0.150. The van der Waals surface area contributed by atoms with E-state index in [2.05, 4.69) is 21.2 Å². The fourth-order valence-electron chi connectivity index (χ4n) is 3.22. The maximum Gasteiger partial charge on any atom is 0.227 e. The lowest BCUT2D eigenvalue weighted by Crippen LogP contribution is -2.30. The number of hydrogen-bond acceptors (Lipinski definition) is 3. The summed E-state index contributed by atoms with van der Waals surface area (Å²) in [4.78, 5) is 26.1. The first-order chi connectivity index (χ1) is 12.5. The number of hydrogen-bond donors (Lipinski definition) is 1. The van der Waals surface area contributed by atoms with Gasteiger partial charge in [0.1, 0.15) is 5.75 Å². The molecular weight excluding hydrogens is 396 g/mol. The number of aryl methyl sites for hydroxylation is 1. The molecule has 0 spiro atoms. The Morgan fingerprint density at radius 1 is 1.23 bits per heavy atom. The molecule has 0 saturated carbocycles. The van der Waals surface area contributed by atoms with E-state index in [0.717, 1.165) is 33.5 Å². The van der Waals surface area contributed by atoms with Crippen LogP contribution in [0.1, 0.15) is 24.5 Å². The van der Waals surface area contributed by atoms with Crippen LogP contribution in [0, 0.1) is 0 Å². The van der Waals surface area contributed by atoms with Crippen molar-refractivity contribution < 1.29 is 14.3 Å². The number of rotatable bonds is 5. The van der Waals surface area contributed by atoms with Gasteiger partial charge in [-0.15, -0.1) is 0 Å². The lowest BCUT2D eigenvalue weighted by molar-refractivity contribution is -0.118. The van der Waals surface area contributed by atoms with Crippen LogP contribution in [-0.4, -0.2) is 25.5 Å². The minimum absolute atomic E-state index is 0.0634. The van der Waals surface area contributed by atoms with Gasteiger partial charge in [0.25, 0.3) is 0 Å². The van der Waals surface area contributed by atoms with E-state index in [1.165, 1.54) is 6.92 Å². The third-order valence-corrected chi connectivity index (χ3v) is 4.88. The zero-order valence-electron chi connectivity index (χ0n) is 14.8. The molecule has 0 atom stereocenters. The molecule has 0 bridgehead atoms. The summed E-state index contributed by atoms with van der Waals surface area (Å²) in [6.07, 6.45) is 1.87. The second kappa shape index (κ2) is 7.91. The maximum absolute atomic E-state index is 12.8. The molecule has 1 heterocycles. The summed E-state index contributed by atoms with van der Waals surface area (Å²) in [6, 6.07) is 11.6. The van der Waals surface area contributed by atoms with Crippen molar-refractivity contribution in [1.82, 2.24) is 0 Å². The van der Waals surface area contributed by atoms with Crippen molar-refractivity contribution in [1.29, 1.82) is 0 Å². The number of anilines is 2. The highest BCUT2D eigenvalue weighted by atomic mass is 79.9. The molecule has 1 aliphatic rings. The van der Waals surface area contributed by atoms with Gasteiger partial charge in [0.2, 0.25) is 11.8 Å². The molecule has 5 nitrogen and oxygen atoms in total. The second-order valence-corrected chi connectivity index (χ2v) is 7.20. The summed E-state index contributed by atoms with van der Waals surface area (Å²) in [7, 11) is 1.63. The Bertz CT molecular complexity index is 834. The number of nitrogens with zero attached hydrogens (tertiary/aromatic N) is 1. The normalized spacial score (nSPS) is 12.7. The van der Waals surface area contributed by atoms with Crippen LogP contribution in [0.5, 0.6) is 5.75 Å². The number of carbonyl (C=O) groups excluding carboxylic acids is 2. The van der Waals surface area contributed by atoms with E-state index in [1.807, 2.05) is 36.4 Å². The third kappa shape index (κ3) is 4.07. The molecule has 1 aliphatic heterocycles. The van der Waals surface area contributed by atoms with E-state index in [0.29, 0.717) is 25.1 Å². The van der Waals surface area contributed by atoms with Crippen molar-refractivity contribution in [3.05, 3.63) is 52.0 Å². The largest absolute Gasteiger partial charge is 0.497 e. The van der Waals surface area contributed by atoms with Gasteiger partial charge >= 0.3 is 0 Å².